The van der Waals surface area contributed by atoms with Crippen LogP contribution in [0.2, 0.25) is 0 Å². The number of hydrogen-bond donors (Lipinski definition) is 1. The Labute approximate surface area is 150 Å². The van der Waals surface area contributed by atoms with Gasteiger partial charge in [-0.2, -0.15) is 0 Å². The van der Waals surface area contributed by atoms with Crippen LogP contribution in [0, 0.1) is 6.92 Å². The van der Waals surface area contributed by atoms with E-state index in [1.54, 1.807) is 14.2 Å². The van der Waals surface area contributed by atoms with Gasteiger partial charge in [-0.1, -0.05) is 6.07 Å². The van der Waals surface area contributed by atoms with Gasteiger partial charge in [-0.15, -0.1) is 0 Å². The van der Waals surface area contributed by atoms with E-state index < -0.39 is 0 Å². The minimum Gasteiger partial charge on any atom is -0.497 e. The van der Waals surface area contributed by atoms with Crippen LogP contribution >= 0.6 is 16.3 Å². The van der Waals surface area contributed by atoms with Gasteiger partial charge in [0.1, 0.15) is 5.75 Å². The van der Waals surface area contributed by atoms with Crippen LogP contribution in [-0.2, 0) is 6.42 Å². The fraction of sp³-hybridized carbons (Fsp3) is 0.263. The second kappa shape index (κ2) is 7.18. The first-order chi connectivity index (χ1) is 11.7. The van der Waals surface area contributed by atoms with Gasteiger partial charge < -0.3 is 18.6 Å². The van der Waals surface area contributed by atoms with E-state index in [4.69, 9.17) is 13.3 Å². The number of aryl methyl sites for hydroxylation is 1. The van der Waals surface area contributed by atoms with E-state index in [0.717, 1.165) is 17.9 Å². The average Bonchev–Trinajstić information content (AvgIpc) is 2.62. The molecule has 24 heavy (non-hydrogen) atoms. The Hall–Kier alpha value is -2.14. The van der Waals surface area contributed by atoms with E-state index in [0.29, 0.717) is 5.75 Å². The molecule has 0 fully saturated rings. The van der Waals surface area contributed by atoms with Crippen molar-refractivity contribution in [2.45, 2.75) is 19.4 Å². The number of halogens is 1. The van der Waals surface area contributed by atoms with E-state index in [2.05, 4.69) is 46.7 Å². The van der Waals surface area contributed by atoms with E-state index in [1.807, 2.05) is 24.4 Å². The van der Waals surface area contributed by atoms with Crippen LogP contribution in [0.5, 0.6) is 17.2 Å². The highest BCUT2D eigenvalue weighted by atomic mass is 79.9. The highest BCUT2D eigenvalue weighted by molar-refractivity contribution is 9.06. The molecule has 0 saturated heterocycles. The lowest BCUT2D eigenvalue weighted by molar-refractivity contribution is 0.400. The summed E-state index contributed by atoms with van der Waals surface area (Å²) in [7, 11) is 3.33. The SMILES string of the molecule is COc1ccc2c(c1)C=CNC2Cc1cc(OBr)c(OC)cc1C. The maximum Gasteiger partial charge on any atom is 0.179 e. The van der Waals surface area contributed by atoms with Crippen LogP contribution in [0.15, 0.2) is 36.5 Å². The molecule has 0 radical (unpaired) electrons. The van der Waals surface area contributed by atoms with Gasteiger partial charge in [0, 0.05) is 0 Å². The summed E-state index contributed by atoms with van der Waals surface area (Å²) < 4.78 is 15.9. The van der Waals surface area contributed by atoms with E-state index in [1.165, 1.54) is 22.3 Å². The third-order valence-electron chi connectivity index (χ3n) is 4.36. The van der Waals surface area contributed by atoms with Gasteiger partial charge in [0.2, 0.25) is 0 Å². The quantitative estimate of drug-likeness (QED) is 0.813. The van der Waals surface area contributed by atoms with Crippen molar-refractivity contribution in [3.63, 3.8) is 0 Å². The fourth-order valence-corrected chi connectivity index (χ4v) is 3.27. The zero-order valence-corrected chi connectivity index (χ0v) is 15.5. The van der Waals surface area contributed by atoms with Gasteiger partial charge in [0.05, 0.1) is 20.3 Å². The van der Waals surface area contributed by atoms with Crippen molar-refractivity contribution in [2.24, 2.45) is 0 Å². The van der Waals surface area contributed by atoms with Crippen LogP contribution in [0.4, 0.5) is 0 Å². The van der Waals surface area contributed by atoms with Crippen molar-refractivity contribution in [1.82, 2.24) is 5.32 Å². The molecular formula is C19H20BrNO3. The largest absolute Gasteiger partial charge is 0.497 e. The predicted molar refractivity (Wildman–Crippen MR) is 98.9 cm³/mol. The second-order valence-corrected chi connectivity index (χ2v) is 6.08. The van der Waals surface area contributed by atoms with E-state index in [9.17, 15) is 0 Å². The molecule has 1 aliphatic heterocycles. The predicted octanol–water partition coefficient (Wildman–Crippen LogP) is 4.56. The molecule has 1 atom stereocenters. The van der Waals surface area contributed by atoms with Crippen molar-refractivity contribution in [1.29, 1.82) is 0 Å². The highest BCUT2D eigenvalue weighted by Crippen LogP contribution is 2.35. The Morgan fingerprint density at radius 2 is 1.92 bits per heavy atom. The standard InChI is InChI=1S/C19H20BrNO3/c1-12-8-18(23-3)19(24-20)11-14(12)10-17-16-5-4-15(22-2)9-13(16)6-7-21-17/h4-9,11,17,21H,10H2,1-3H3. The minimum absolute atomic E-state index is 0.200. The molecule has 2 aromatic carbocycles. The first-order valence-electron chi connectivity index (χ1n) is 7.73. The van der Waals surface area contributed by atoms with Crippen molar-refractivity contribution in [3.8, 4) is 17.2 Å². The summed E-state index contributed by atoms with van der Waals surface area (Å²) in [6, 6.07) is 10.4. The minimum atomic E-state index is 0.200. The molecule has 126 valence electrons. The topological polar surface area (TPSA) is 39.7 Å². The van der Waals surface area contributed by atoms with E-state index >= 15 is 0 Å². The van der Waals surface area contributed by atoms with Crippen LogP contribution < -0.4 is 18.6 Å². The summed E-state index contributed by atoms with van der Waals surface area (Å²) in [6.45, 7) is 2.09. The van der Waals surface area contributed by atoms with E-state index in [-0.39, 0.29) is 6.04 Å². The van der Waals surface area contributed by atoms with Crippen molar-refractivity contribution >= 4 is 22.3 Å². The zero-order valence-electron chi connectivity index (χ0n) is 13.9. The number of ether oxygens (including phenoxy) is 2. The molecule has 0 amide bonds. The first kappa shape index (κ1) is 16.7. The molecule has 1 heterocycles. The first-order valence-corrected chi connectivity index (χ1v) is 8.37. The zero-order chi connectivity index (χ0) is 17.1. The molecule has 1 aliphatic rings. The van der Waals surface area contributed by atoms with Gasteiger partial charge in [0.15, 0.2) is 27.8 Å². The molecular weight excluding hydrogens is 370 g/mol. The maximum absolute atomic E-state index is 5.35. The summed E-state index contributed by atoms with van der Waals surface area (Å²) in [4.78, 5) is 0. The normalized spacial score (nSPS) is 15.4. The molecule has 3 rings (SSSR count). The van der Waals surface area contributed by atoms with Crippen LogP contribution in [0.1, 0.15) is 28.3 Å². The maximum atomic E-state index is 5.35. The lowest BCUT2D eigenvalue weighted by atomic mass is 9.91. The summed E-state index contributed by atoms with van der Waals surface area (Å²) in [6.07, 6.45) is 4.91. The molecule has 0 aliphatic carbocycles. The van der Waals surface area contributed by atoms with Gasteiger partial charge in [-0.3, -0.25) is 0 Å². The number of nitrogens with one attached hydrogen (secondary N) is 1. The fourth-order valence-electron chi connectivity index (χ4n) is 3.02. The Kier molecular flexibility index (Phi) is 5.00. The van der Waals surface area contributed by atoms with Gasteiger partial charge in [-0.25, -0.2) is 0 Å². The Bertz CT molecular complexity index is 773. The average molecular weight is 390 g/mol. The lowest BCUT2D eigenvalue weighted by Crippen LogP contribution is -2.22. The molecule has 1 unspecified atom stereocenters. The molecule has 2 aromatic rings. The molecule has 0 bridgehead atoms. The van der Waals surface area contributed by atoms with Crippen molar-refractivity contribution < 1.29 is 13.3 Å². The Balaban J connectivity index is 1.92. The summed E-state index contributed by atoms with van der Waals surface area (Å²) in [5, 5.41) is 3.45. The van der Waals surface area contributed by atoms with Crippen molar-refractivity contribution in [2.75, 3.05) is 14.2 Å². The molecule has 0 aromatic heterocycles. The summed E-state index contributed by atoms with van der Waals surface area (Å²) in [5.74, 6) is 2.27. The van der Waals surface area contributed by atoms with Crippen molar-refractivity contribution in [3.05, 3.63) is 58.8 Å². The molecule has 1 N–H and O–H groups in total. The lowest BCUT2D eigenvalue weighted by Gasteiger charge is -2.25. The Morgan fingerprint density at radius 1 is 1.08 bits per heavy atom. The molecule has 0 saturated carbocycles. The Morgan fingerprint density at radius 3 is 2.62 bits per heavy atom. The summed E-state index contributed by atoms with van der Waals surface area (Å²) in [5.41, 5.74) is 4.82. The molecule has 4 nitrogen and oxygen atoms in total. The number of rotatable bonds is 5. The third-order valence-corrected chi connectivity index (χ3v) is 4.71. The number of fused-ring (bicyclic) bond motifs is 1. The smallest absolute Gasteiger partial charge is 0.179 e. The number of hydrogen-bond acceptors (Lipinski definition) is 4. The van der Waals surface area contributed by atoms with Crippen LogP contribution in [0.25, 0.3) is 6.08 Å². The monoisotopic (exact) mass is 389 g/mol. The highest BCUT2D eigenvalue weighted by Gasteiger charge is 2.19. The van der Waals surface area contributed by atoms with Gasteiger partial charge in [0.25, 0.3) is 0 Å². The van der Waals surface area contributed by atoms with Gasteiger partial charge >= 0.3 is 0 Å². The number of methoxy groups -OCH3 is 2. The van der Waals surface area contributed by atoms with Gasteiger partial charge in [-0.05, 0) is 72.1 Å². The van der Waals surface area contributed by atoms with Crippen LogP contribution in [-0.4, -0.2) is 14.2 Å². The summed E-state index contributed by atoms with van der Waals surface area (Å²) >= 11 is 3.05. The number of benzene rings is 2. The molecule has 0 spiro atoms. The third kappa shape index (κ3) is 3.22. The van der Waals surface area contributed by atoms with Crippen LogP contribution in [0.3, 0.4) is 0 Å². The molecule has 5 heteroatoms. The second-order valence-electron chi connectivity index (χ2n) is 5.76.